The van der Waals surface area contributed by atoms with Crippen LogP contribution in [0, 0.1) is 18.3 Å². The van der Waals surface area contributed by atoms with Crippen molar-refractivity contribution in [3.05, 3.63) is 58.3 Å². The third-order valence-electron chi connectivity index (χ3n) is 3.44. The molecule has 0 aliphatic heterocycles. The molecule has 0 aliphatic carbocycles. The van der Waals surface area contributed by atoms with Gasteiger partial charge < -0.3 is 4.98 Å². The summed E-state index contributed by atoms with van der Waals surface area (Å²) < 4.78 is 25.0. The van der Waals surface area contributed by atoms with Gasteiger partial charge in [-0.05, 0) is 42.7 Å². The fraction of sp³-hybridized carbons (Fsp3) is 0.235. The maximum atomic E-state index is 12.5. The lowest BCUT2D eigenvalue weighted by atomic mass is 10.1. The number of nitriles is 1. The van der Waals surface area contributed by atoms with Crippen LogP contribution in [0.5, 0.6) is 0 Å². The van der Waals surface area contributed by atoms with Crippen molar-refractivity contribution >= 4 is 15.9 Å². The van der Waals surface area contributed by atoms with Crippen molar-refractivity contribution in [1.82, 2.24) is 4.98 Å². The Morgan fingerprint density at radius 2 is 1.91 bits per heavy atom. The molecule has 0 saturated heterocycles. The zero-order valence-corrected chi connectivity index (χ0v) is 13.6. The van der Waals surface area contributed by atoms with Crippen LogP contribution in [0.3, 0.4) is 0 Å². The first-order chi connectivity index (χ1) is 10.4. The van der Waals surface area contributed by atoms with Gasteiger partial charge in [0.1, 0.15) is 11.0 Å². The van der Waals surface area contributed by atoms with Gasteiger partial charge in [-0.3, -0.25) is 0 Å². The molecular formula is C17H18N2O2S. The normalized spacial score (nSPS) is 12.4. The molecule has 22 heavy (non-hydrogen) atoms. The third kappa shape index (κ3) is 3.12. The molecule has 0 atom stereocenters. The van der Waals surface area contributed by atoms with Crippen molar-refractivity contribution in [2.45, 2.75) is 31.6 Å². The average molecular weight is 314 g/mol. The summed E-state index contributed by atoms with van der Waals surface area (Å²) in [5.74, 6) is 0.303. The summed E-state index contributed by atoms with van der Waals surface area (Å²) in [6, 6.07) is 11.7. The van der Waals surface area contributed by atoms with E-state index >= 15 is 0 Å². The van der Waals surface area contributed by atoms with Crippen LogP contribution in [0.15, 0.2) is 46.2 Å². The van der Waals surface area contributed by atoms with Crippen molar-refractivity contribution in [3.63, 3.8) is 0 Å². The molecule has 114 valence electrons. The van der Waals surface area contributed by atoms with E-state index in [0.29, 0.717) is 5.92 Å². The second kappa shape index (κ2) is 6.20. The second-order valence-corrected chi connectivity index (χ2v) is 7.31. The lowest BCUT2D eigenvalue weighted by Gasteiger charge is -2.02. The van der Waals surface area contributed by atoms with Crippen LogP contribution in [0.4, 0.5) is 0 Å². The Bertz CT molecular complexity index is 839. The molecule has 2 rings (SSSR count). The zero-order chi connectivity index (χ0) is 16.3. The predicted molar refractivity (Wildman–Crippen MR) is 86.8 cm³/mol. The summed E-state index contributed by atoms with van der Waals surface area (Å²) in [7, 11) is -3.79. The Morgan fingerprint density at radius 3 is 2.41 bits per heavy atom. The molecule has 1 aromatic carbocycles. The predicted octanol–water partition coefficient (Wildman–Crippen LogP) is 3.78. The number of aryl methyl sites for hydroxylation is 1. The van der Waals surface area contributed by atoms with Crippen LogP contribution < -0.4 is 0 Å². The van der Waals surface area contributed by atoms with Gasteiger partial charge in [0.15, 0.2) is 0 Å². The smallest absolute Gasteiger partial charge is 0.216 e. The number of benzene rings is 1. The number of nitrogens with one attached hydrogen (secondary N) is 1. The lowest BCUT2D eigenvalue weighted by molar-refractivity contribution is 0.603. The Balaban J connectivity index is 2.51. The van der Waals surface area contributed by atoms with Crippen molar-refractivity contribution in [2.75, 3.05) is 0 Å². The van der Waals surface area contributed by atoms with Crippen LogP contribution in [0.2, 0.25) is 0 Å². The number of hydrogen-bond acceptors (Lipinski definition) is 3. The minimum atomic E-state index is -3.79. The standard InChI is InChI=1S/C17H18N2O2S/c1-12(2)17-10-14(13(3)19-17)9-16(11-18)22(20,21)15-7-5-4-6-8-15/h4-10,12,19H,1-3H3/b16-9+. The van der Waals surface area contributed by atoms with Crippen molar-refractivity contribution < 1.29 is 8.42 Å². The maximum Gasteiger partial charge on any atom is 0.216 e. The SMILES string of the molecule is Cc1[nH]c(C(C)C)cc1/C=C(\C#N)S(=O)(=O)c1ccccc1. The number of rotatable bonds is 4. The van der Waals surface area contributed by atoms with E-state index in [0.717, 1.165) is 17.0 Å². The van der Waals surface area contributed by atoms with E-state index in [9.17, 15) is 13.7 Å². The molecule has 0 spiro atoms. The van der Waals surface area contributed by atoms with E-state index in [1.165, 1.54) is 18.2 Å². The minimum absolute atomic E-state index is 0.125. The molecule has 1 heterocycles. The van der Waals surface area contributed by atoms with E-state index < -0.39 is 9.84 Å². The first kappa shape index (κ1) is 16.1. The number of nitrogens with zero attached hydrogens (tertiary/aromatic N) is 1. The molecular weight excluding hydrogens is 296 g/mol. The number of aromatic amines is 1. The van der Waals surface area contributed by atoms with E-state index in [1.807, 2.05) is 32.9 Å². The highest BCUT2D eigenvalue weighted by Crippen LogP contribution is 2.24. The Kier molecular flexibility index (Phi) is 4.53. The molecule has 0 radical (unpaired) electrons. The fourth-order valence-corrected chi connectivity index (χ4v) is 3.27. The summed E-state index contributed by atoms with van der Waals surface area (Å²) in [4.78, 5) is 3.09. The van der Waals surface area contributed by atoms with Gasteiger partial charge in [0.2, 0.25) is 9.84 Å². The largest absolute Gasteiger partial charge is 0.362 e. The molecule has 0 fully saturated rings. The average Bonchev–Trinajstić information content (AvgIpc) is 2.87. The Hall–Kier alpha value is -2.32. The molecule has 0 bridgehead atoms. The summed E-state index contributed by atoms with van der Waals surface area (Å²) in [6.07, 6.45) is 1.43. The Morgan fingerprint density at radius 1 is 1.27 bits per heavy atom. The van der Waals surface area contributed by atoms with Crippen molar-refractivity contribution in [1.29, 1.82) is 5.26 Å². The van der Waals surface area contributed by atoms with Gasteiger partial charge in [-0.2, -0.15) is 5.26 Å². The minimum Gasteiger partial charge on any atom is -0.362 e. The molecule has 0 saturated carbocycles. The Labute approximate surface area is 131 Å². The maximum absolute atomic E-state index is 12.5. The van der Waals surface area contributed by atoms with Crippen molar-refractivity contribution in [2.24, 2.45) is 0 Å². The van der Waals surface area contributed by atoms with Crippen LogP contribution in [0.25, 0.3) is 6.08 Å². The van der Waals surface area contributed by atoms with E-state index in [-0.39, 0.29) is 9.80 Å². The van der Waals surface area contributed by atoms with Crippen LogP contribution in [-0.4, -0.2) is 13.4 Å². The summed E-state index contributed by atoms with van der Waals surface area (Å²) in [6.45, 7) is 5.96. The number of aromatic nitrogens is 1. The number of allylic oxidation sites excluding steroid dienone is 1. The number of H-pyrrole nitrogens is 1. The van der Waals surface area contributed by atoms with E-state index in [1.54, 1.807) is 18.2 Å². The molecule has 0 unspecified atom stereocenters. The molecule has 1 N–H and O–H groups in total. The van der Waals surface area contributed by atoms with Gasteiger partial charge >= 0.3 is 0 Å². The van der Waals surface area contributed by atoms with Gasteiger partial charge in [-0.15, -0.1) is 0 Å². The van der Waals surface area contributed by atoms with E-state index in [4.69, 9.17) is 0 Å². The molecule has 0 aliphatic rings. The quantitative estimate of drug-likeness (QED) is 0.873. The van der Waals surface area contributed by atoms with Crippen LogP contribution >= 0.6 is 0 Å². The highest BCUT2D eigenvalue weighted by atomic mass is 32.2. The van der Waals surface area contributed by atoms with Gasteiger partial charge in [0.25, 0.3) is 0 Å². The fourth-order valence-electron chi connectivity index (χ4n) is 2.10. The summed E-state index contributed by atoms with van der Waals surface area (Å²) in [5, 5.41) is 9.28. The molecule has 1 aromatic heterocycles. The number of sulfone groups is 1. The van der Waals surface area contributed by atoms with Gasteiger partial charge in [0, 0.05) is 11.4 Å². The van der Waals surface area contributed by atoms with Crippen molar-refractivity contribution in [3.8, 4) is 6.07 Å². The first-order valence-electron chi connectivity index (χ1n) is 6.97. The molecule has 2 aromatic rings. The van der Waals surface area contributed by atoms with Gasteiger partial charge in [-0.25, -0.2) is 8.42 Å². The molecule has 0 amide bonds. The van der Waals surface area contributed by atoms with Crippen LogP contribution in [-0.2, 0) is 9.84 Å². The topological polar surface area (TPSA) is 73.7 Å². The van der Waals surface area contributed by atoms with E-state index in [2.05, 4.69) is 4.98 Å². The summed E-state index contributed by atoms with van der Waals surface area (Å²) in [5.41, 5.74) is 2.58. The first-order valence-corrected chi connectivity index (χ1v) is 8.46. The zero-order valence-electron chi connectivity index (χ0n) is 12.8. The lowest BCUT2D eigenvalue weighted by Crippen LogP contribution is -2.03. The van der Waals surface area contributed by atoms with Crippen LogP contribution in [0.1, 0.15) is 36.7 Å². The highest BCUT2D eigenvalue weighted by molar-refractivity contribution is 7.95. The van der Waals surface area contributed by atoms with Gasteiger partial charge in [0.05, 0.1) is 4.90 Å². The summed E-state index contributed by atoms with van der Waals surface area (Å²) >= 11 is 0. The molecule has 5 heteroatoms. The number of hydrogen-bond donors (Lipinski definition) is 1. The monoisotopic (exact) mass is 314 g/mol. The molecule has 4 nitrogen and oxygen atoms in total. The highest BCUT2D eigenvalue weighted by Gasteiger charge is 2.21. The third-order valence-corrected chi connectivity index (χ3v) is 5.12. The second-order valence-electron chi connectivity index (χ2n) is 5.40. The van der Waals surface area contributed by atoms with Gasteiger partial charge in [-0.1, -0.05) is 32.0 Å².